The first-order valence-corrected chi connectivity index (χ1v) is 3.01. The lowest BCUT2D eigenvalue weighted by molar-refractivity contribution is -0.132. The second kappa shape index (κ2) is 5.03. The number of carbonyl (C=O) groups is 3. The number of carbonyl (C=O) groups excluding carboxylic acids is 2. The maximum atomic E-state index is 10.6. The zero-order valence-corrected chi connectivity index (χ0v) is 6.11. The molecule has 6 nitrogen and oxygen atoms in total. The minimum atomic E-state index is -1.26. The van der Waals surface area contributed by atoms with Gasteiger partial charge < -0.3 is 10.8 Å². The van der Waals surface area contributed by atoms with Gasteiger partial charge in [0.25, 0.3) is 5.91 Å². The number of nitrogens with two attached hydrogens (primary N) is 1. The molecule has 0 aromatic carbocycles. The fraction of sp³-hybridized carbons (Fsp3) is 0.167. The van der Waals surface area contributed by atoms with Crippen molar-refractivity contribution in [2.24, 2.45) is 5.73 Å². The molecule has 0 saturated heterocycles. The van der Waals surface area contributed by atoms with Gasteiger partial charge in [-0.05, 0) is 0 Å². The van der Waals surface area contributed by atoms with Gasteiger partial charge in [-0.3, -0.25) is 14.9 Å². The average molecular weight is 172 g/mol. The van der Waals surface area contributed by atoms with Crippen LogP contribution in [-0.4, -0.2) is 29.4 Å². The minimum Gasteiger partial charge on any atom is -0.478 e. The van der Waals surface area contributed by atoms with Gasteiger partial charge >= 0.3 is 5.97 Å². The van der Waals surface area contributed by atoms with Gasteiger partial charge in [-0.25, -0.2) is 4.79 Å². The van der Waals surface area contributed by atoms with Crippen LogP contribution in [-0.2, 0) is 14.4 Å². The Labute approximate surface area is 68.0 Å². The molecule has 0 aliphatic heterocycles. The molecule has 0 unspecified atom stereocenters. The molecule has 0 spiro atoms. The quantitative estimate of drug-likeness (QED) is 0.436. The van der Waals surface area contributed by atoms with Crippen molar-refractivity contribution >= 4 is 17.8 Å². The molecule has 0 bridgehead atoms. The number of imide groups is 1. The van der Waals surface area contributed by atoms with E-state index in [0.29, 0.717) is 6.08 Å². The first-order chi connectivity index (χ1) is 5.56. The second-order valence-corrected chi connectivity index (χ2v) is 1.79. The molecule has 0 aliphatic rings. The number of hydrogen-bond acceptors (Lipinski definition) is 4. The normalized spacial score (nSPS) is 9.75. The molecular weight excluding hydrogens is 164 g/mol. The fourth-order valence-electron chi connectivity index (χ4n) is 0.377. The van der Waals surface area contributed by atoms with Crippen molar-refractivity contribution in [1.29, 1.82) is 0 Å². The third kappa shape index (κ3) is 5.12. The summed E-state index contributed by atoms with van der Waals surface area (Å²) in [5.74, 6) is -2.71. The van der Waals surface area contributed by atoms with E-state index in [1.807, 2.05) is 5.32 Å². The van der Waals surface area contributed by atoms with E-state index in [1.165, 1.54) is 0 Å². The van der Waals surface area contributed by atoms with Crippen molar-refractivity contribution in [2.45, 2.75) is 0 Å². The number of aliphatic carboxylic acids is 1. The molecule has 0 rings (SSSR count). The molecule has 0 atom stereocenters. The Morgan fingerprint density at radius 1 is 1.33 bits per heavy atom. The van der Waals surface area contributed by atoms with Crippen LogP contribution in [0, 0.1) is 0 Å². The van der Waals surface area contributed by atoms with E-state index < -0.39 is 17.8 Å². The molecule has 0 saturated carbocycles. The molecule has 12 heavy (non-hydrogen) atoms. The Morgan fingerprint density at radius 3 is 2.33 bits per heavy atom. The number of carboxylic acid groups (broad SMARTS) is 1. The summed E-state index contributed by atoms with van der Waals surface area (Å²) in [6.45, 7) is -0.313. The first-order valence-electron chi connectivity index (χ1n) is 3.01. The molecular formula is C6H8N2O4. The molecule has 0 aliphatic carbocycles. The summed E-state index contributed by atoms with van der Waals surface area (Å²) < 4.78 is 0. The zero-order valence-electron chi connectivity index (χ0n) is 6.11. The van der Waals surface area contributed by atoms with Gasteiger partial charge in [-0.1, -0.05) is 0 Å². The van der Waals surface area contributed by atoms with Gasteiger partial charge in [-0.15, -0.1) is 0 Å². The number of amides is 2. The summed E-state index contributed by atoms with van der Waals surface area (Å²) in [5.41, 5.74) is 4.87. The van der Waals surface area contributed by atoms with Gasteiger partial charge in [0, 0.05) is 12.2 Å². The molecule has 66 valence electrons. The maximum absolute atomic E-state index is 10.6. The SMILES string of the molecule is NCC(=O)NC(=O)/C=C/C(=O)O. The Balaban J connectivity index is 3.90. The van der Waals surface area contributed by atoms with Crippen LogP contribution in [0.4, 0.5) is 0 Å². The summed E-state index contributed by atoms with van der Waals surface area (Å²) in [4.78, 5) is 30.9. The van der Waals surface area contributed by atoms with Crippen LogP contribution in [0.25, 0.3) is 0 Å². The van der Waals surface area contributed by atoms with Crippen molar-refractivity contribution in [2.75, 3.05) is 6.54 Å². The number of nitrogens with one attached hydrogen (secondary N) is 1. The van der Waals surface area contributed by atoms with Gasteiger partial charge in [-0.2, -0.15) is 0 Å². The molecule has 4 N–H and O–H groups in total. The highest BCUT2D eigenvalue weighted by atomic mass is 16.4. The van der Waals surface area contributed by atoms with Crippen LogP contribution in [0.5, 0.6) is 0 Å². The average Bonchev–Trinajstić information content (AvgIpc) is 2.00. The topological polar surface area (TPSA) is 109 Å². The van der Waals surface area contributed by atoms with E-state index in [2.05, 4.69) is 0 Å². The molecule has 2 amide bonds. The van der Waals surface area contributed by atoms with Gasteiger partial charge in [0.1, 0.15) is 0 Å². The van der Waals surface area contributed by atoms with Crippen LogP contribution in [0.2, 0.25) is 0 Å². The largest absolute Gasteiger partial charge is 0.478 e. The monoisotopic (exact) mass is 172 g/mol. The highest BCUT2D eigenvalue weighted by Gasteiger charge is 2.01. The van der Waals surface area contributed by atoms with Gasteiger partial charge in [0.05, 0.1) is 6.54 Å². The van der Waals surface area contributed by atoms with Crippen LogP contribution >= 0.6 is 0 Å². The molecule has 0 radical (unpaired) electrons. The minimum absolute atomic E-state index is 0.313. The van der Waals surface area contributed by atoms with Gasteiger partial charge in [0.15, 0.2) is 0 Å². The summed E-state index contributed by atoms with van der Waals surface area (Å²) in [6, 6.07) is 0. The molecule has 0 aromatic rings. The highest BCUT2D eigenvalue weighted by molar-refractivity contribution is 6.03. The smallest absolute Gasteiger partial charge is 0.328 e. The molecule has 0 aromatic heterocycles. The Bertz CT molecular complexity index is 234. The highest BCUT2D eigenvalue weighted by Crippen LogP contribution is 1.73. The standard InChI is InChI=1S/C6H8N2O4/c7-3-5(10)8-4(9)1-2-6(11)12/h1-2H,3,7H2,(H,11,12)(H,8,9,10)/b2-1+. The van der Waals surface area contributed by atoms with Crippen molar-refractivity contribution in [3.05, 3.63) is 12.2 Å². The van der Waals surface area contributed by atoms with Gasteiger partial charge in [0.2, 0.25) is 5.91 Å². The van der Waals surface area contributed by atoms with Crippen LogP contribution in [0.1, 0.15) is 0 Å². The van der Waals surface area contributed by atoms with E-state index in [4.69, 9.17) is 10.8 Å². The van der Waals surface area contributed by atoms with Crippen LogP contribution in [0.15, 0.2) is 12.2 Å². The lowest BCUT2D eigenvalue weighted by Gasteiger charge is -1.94. The summed E-state index contributed by atoms with van der Waals surface area (Å²) >= 11 is 0. The van der Waals surface area contributed by atoms with Crippen molar-refractivity contribution in [1.82, 2.24) is 5.32 Å². The van der Waals surface area contributed by atoms with Crippen molar-refractivity contribution in [3.8, 4) is 0 Å². The predicted octanol–water partition coefficient (Wildman–Crippen LogP) is -1.77. The first kappa shape index (κ1) is 10.3. The summed E-state index contributed by atoms with van der Waals surface area (Å²) in [5, 5.41) is 9.91. The molecule has 0 fully saturated rings. The van der Waals surface area contributed by atoms with Crippen LogP contribution in [0.3, 0.4) is 0 Å². The van der Waals surface area contributed by atoms with Crippen molar-refractivity contribution in [3.63, 3.8) is 0 Å². The summed E-state index contributed by atoms with van der Waals surface area (Å²) in [6.07, 6.45) is 1.36. The Morgan fingerprint density at radius 2 is 1.92 bits per heavy atom. The zero-order chi connectivity index (χ0) is 9.56. The molecule has 6 heteroatoms. The maximum Gasteiger partial charge on any atom is 0.328 e. The van der Waals surface area contributed by atoms with E-state index in [9.17, 15) is 14.4 Å². The van der Waals surface area contributed by atoms with E-state index in [-0.39, 0.29) is 6.54 Å². The lowest BCUT2D eigenvalue weighted by Crippen LogP contribution is -2.34. The van der Waals surface area contributed by atoms with E-state index in [1.54, 1.807) is 0 Å². The van der Waals surface area contributed by atoms with Crippen molar-refractivity contribution < 1.29 is 19.5 Å². The Hall–Kier alpha value is -1.69. The molecule has 0 heterocycles. The van der Waals surface area contributed by atoms with E-state index in [0.717, 1.165) is 6.08 Å². The fourth-order valence-corrected chi connectivity index (χ4v) is 0.377. The third-order valence-corrected chi connectivity index (χ3v) is 0.825. The predicted molar refractivity (Wildman–Crippen MR) is 39.0 cm³/mol. The van der Waals surface area contributed by atoms with E-state index >= 15 is 0 Å². The van der Waals surface area contributed by atoms with Crippen LogP contribution < -0.4 is 11.1 Å². The number of rotatable bonds is 3. The second-order valence-electron chi connectivity index (χ2n) is 1.79. The Kier molecular flexibility index (Phi) is 4.32. The third-order valence-electron chi connectivity index (χ3n) is 0.825. The summed E-state index contributed by atoms with van der Waals surface area (Å²) in [7, 11) is 0. The number of carboxylic acids is 1. The lowest BCUT2D eigenvalue weighted by atomic mass is 10.4. The number of hydrogen-bond donors (Lipinski definition) is 3.